The highest BCUT2D eigenvalue weighted by Gasteiger charge is 2.30. The Morgan fingerprint density at radius 3 is 2.68 bits per heavy atom. The Labute approximate surface area is 143 Å². The second-order valence-corrected chi connectivity index (χ2v) is 6.19. The van der Waals surface area contributed by atoms with Crippen LogP contribution in [0.4, 0.5) is 13.2 Å². The van der Waals surface area contributed by atoms with E-state index in [0.29, 0.717) is 16.7 Å². The number of H-pyrrole nitrogens is 1. The molecule has 0 bridgehead atoms. The van der Waals surface area contributed by atoms with Crippen molar-refractivity contribution in [3.63, 3.8) is 0 Å². The van der Waals surface area contributed by atoms with Crippen LogP contribution in [0.3, 0.4) is 0 Å². The van der Waals surface area contributed by atoms with Gasteiger partial charge in [0.1, 0.15) is 0 Å². The van der Waals surface area contributed by atoms with Crippen LogP contribution in [0.2, 0.25) is 0 Å². The van der Waals surface area contributed by atoms with Gasteiger partial charge in [-0.25, -0.2) is 9.50 Å². The van der Waals surface area contributed by atoms with Gasteiger partial charge in [-0.2, -0.15) is 24.5 Å². The third kappa shape index (κ3) is 2.64. The second kappa shape index (κ2) is 5.59. The molecule has 4 nitrogen and oxygen atoms in total. The SMILES string of the molecule is O=c1c(-c2ccsc2)cnc2c(-c3cccc(C(F)(F)F)c3)c[nH]n12. The fraction of sp³-hybridized carbons (Fsp3) is 0.0588. The monoisotopic (exact) mass is 361 g/mol. The van der Waals surface area contributed by atoms with Crippen LogP contribution in [0.5, 0.6) is 0 Å². The fourth-order valence-corrected chi connectivity index (χ4v) is 3.31. The van der Waals surface area contributed by atoms with Crippen molar-refractivity contribution in [2.24, 2.45) is 0 Å². The summed E-state index contributed by atoms with van der Waals surface area (Å²) in [6, 6.07) is 6.75. The first-order valence-electron chi connectivity index (χ1n) is 7.24. The minimum absolute atomic E-state index is 0.281. The third-order valence-electron chi connectivity index (χ3n) is 3.87. The molecule has 25 heavy (non-hydrogen) atoms. The summed E-state index contributed by atoms with van der Waals surface area (Å²) in [5.74, 6) is 0. The molecule has 0 radical (unpaired) electrons. The van der Waals surface area contributed by atoms with Crippen LogP contribution in [-0.2, 0) is 6.18 Å². The van der Waals surface area contributed by atoms with Crippen LogP contribution in [0, 0.1) is 0 Å². The number of aromatic nitrogens is 3. The van der Waals surface area contributed by atoms with Gasteiger partial charge in [-0.05, 0) is 40.1 Å². The molecule has 0 atom stereocenters. The number of alkyl halides is 3. The maximum absolute atomic E-state index is 12.9. The molecule has 1 aromatic carbocycles. The molecule has 3 heterocycles. The van der Waals surface area contributed by atoms with Gasteiger partial charge >= 0.3 is 6.18 Å². The van der Waals surface area contributed by atoms with E-state index in [4.69, 9.17) is 0 Å². The van der Waals surface area contributed by atoms with E-state index in [-0.39, 0.29) is 11.2 Å². The molecule has 3 aromatic heterocycles. The number of nitrogens with one attached hydrogen (secondary N) is 1. The summed E-state index contributed by atoms with van der Waals surface area (Å²) in [5.41, 5.74) is 1.18. The summed E-state index contributed by atoms with van der Waals surface area (Å²) in [6.07, 6.45) is -1.50. The lowest BCUT2D eigenvalue weighted by atomic mass is 10.1. The maximum Gasteiger partial charge on any atom is 0.416 e. The number of fused-ring (bicyclic) bond motifs is 1. The summed E-state index contributed by atoms with van der Waals surface area (Å²) >= 11 is 1.46. The van der Waals surface area contributed by atoms with Crippen molar-refractivity contribution in [3.8, 4) is 22.3 Å². The summed E-state index contributed by atoms with van der Waals surface area (Å²) in [7, 11) is 0. The lowest BCUT2D eigenvalue weighted by molar-refractivity contribution is -0.137. The first-order chi connectivity index (χ1) is 11.9. The van der Waals surface area contributed by atoms with E-state index in [2.05, 4.69) is 10.1 Å². The predicted molar refractivity (Wildman–Crippen MR) is 89.6 cm³/mol. The highest BCUT2D eigenvalue weighted by Crippen LogP contribution is 2.33. The van der Waals surface area contributed by atoms with Gasteiger partial charge in [-0.15, -0.1) is 0 Å². The van der Waals surface area contributed by atoms with Crippen LogP contribution in [0.25, 0.3) is 27.9 Å². The zero-order valence-corrected chi connectivity index (χ0v) is 13.4. The quantitative estimate of drug-likeness (QED) is 0.574. The largest absolute Gasteiger partial charge is 0.416 e. The van der Waals surface area contributed by atoms with Crippen LogP contribution in [0.1, 0.15) is 5.56 Å². The molecule has 126 valence electrons. The Balaban J connectivity index is 1.88. The number of aromatic amines is 1. The number of thiophene rings is 1. The fourth-order valence-electron chi connectivity index (χ4n) is 2.65. The van der Waals surface area contributed by atoms with E-state index in [0.717, 1.165) is 17.7 Å². The van der Waals surface area contributed by atoms with Gasteiger partial charge in [0.25, 0.3) is 5.56 Å². The summed E-state index contributed by atoms with van der Waals surface area (Å²) in [6.45, 7) is 0. The lowest BCUT2D eigenvalue weighted by Gasteiger charge is -2.08. The Morgan fingerprint density at radius 1 is 1.12 bits per heavy atom. The number of rotatable bonds is 2. The number of benzene rings is 1. The van der Waals surface area contributed by atoms with Crippen molar-refractivity contribution in [3.05, 3.63) is 69.4 Å². The summed E-state index contributed by atoms with van der Waals surface area (Å²) in [4.78, 5) is 16.9. The molecule has 0 saturated carbocycles. The second-order valence-electron chi connectivity index (χ2n) is 5.41. The van der Waals surface area contributed by atoms with Gasteiger partial charge in [0.05, 0.1) is 11.1 Å². The van der Waals surface area contributed by atoms with Crippen molar-refractivity contribution in [2.75, 3.05) is 0 Å². The molecule has 0 aliphatic rings. The van der Waals surface area contributed by atoms with Gasteiger partial charge in [0, 0.05) is 18.0 Å². The van der Waals surface area contributed by atoms with Crippen molar-refractivity contribution in [1.29, 1.82) is 0 Å². The summed E-state index contributed by atoms with van der Waals surface area (Å²) < 4.78 is 40.0. The molecule has 0 spiro atoms. The molecule has 0 amide bonds. The third-order valence-corrected chi connectivity index (χ3v) is 4.56. The van der Waals surface area contributed by atoms with Crippen molar-refractivity contribution in [2.45, 2.75) is 6.18 Å². The number of hydrogen-bond donors (Lipinski definition) is 1. The number of halogens is 3. The molecule has 0 fully saturated rings. The van der Waals surface area contributed by atoms with E-state index in [1.807, 2.05) is 16.8 Å². The van der Waals surface area contributed by atoms with E-state index in [1.54, 1.807) is 6.07 Å². The van der Waals surface area contributed by atoms with Crippen LogP contribution < -0.4 is 5.56 Å². The Kier molecular flexibility index (Phi) is 3.50. The standard InChI is InChI=1S/C17H10F3N3OS/c18-17(19,20)12-3-1-2-10(6-12)13-8-22-23-15(13)21-7-14(16(23)24)11-4-5-25-9-11/h1-9,22H. The van der Waals surface area contributed by atoms with Crippen molar-refractivity contribution in [1.82, 2.24) is 14.6 Å². The Bertz CT molecular complexity index is 1110. The maximum atomic E-state index is 12.9. The molecule has 1 N–H and O–H groups in total. The highest BCUT2D eigenvalue weighted by molar-refractivity contribution is 7.08. The van der Waals surface area contributed by atoms with E-state index in [9.17, 15) is 18.0 Å². The lowest BCUT2D eigenvalue weighted by Crippen LogP contribution is -2.16. The average Bonchev–Trinajstić information content (AvgIpc) is 3.24. The average molecular weight is 361 g/mol. The van der Waals surface area contributed by atoms with Crippen LogP contribution >= 0.6 is 11.3 Å². The first kappa shape index (κ1) is 15.6. The molecule has 8 heteroatoms. The zero-order valence-electron chi connectivity index (χ0n) is 12.5. The summed E-state index contributed by atoms with van der Waals surface area (Å²) in [5, 5.41) is 6.47. The molecule has 0 aliphatic carbocycles. The molecule has 4 aromatic rings. The van der Waals surface area contributed by atoms with E-state index in [1.165, 1.54) is 34.3 Å². The van der Waals surface area contributed by atoms with Gasteiger partial charge in [-0.3, -0.25) is 9.89 Å². The smallest absolute Gasteiger partial charge is 0.296 e. The van der Waals surface area contributed by atoms with Gasteiger partial charge in [0.2, 0.25) is 0 Å². The minimum atomic E-state index is -4.43. The molecule has 4 rings (SSSR count). The minimum Gasteiger partial charge on any atom is -0.296 e. The predicted octanol–water partition coefficient (Wildman–Crippen LogP) is 4.44. The molecular weight excluding hydrogens is 351 g/mol. The first-order valence-corrected chi connectivity index (χ1v) is 8.19. The zero-order chi connectivity index (χ0) is 17.6. The normalized spacial score (nSPS) is 12.0. The van der Waals surface area contributed by atoms with Crippen molar-refractivity contribution >= 4 is 17.0 Å². The molecule has 0 saturated heterocycles. The molecule has 0 aliphatic heterocycles. The Morgan fingerprint density at radius 2 is 1.96 bits per heavy atom. The highest BCUT2D eigenvalue weighted by atomic mass is 32.1. The topological polar surface area (TPSA) is 50.2 Å². The van der Waals surface area contributed by atoms with Crippen molar-refractivity contribution < 1.29 is 13.2 Å². The molecule has 0 unspecified atom stereocenters. The van der Waals surface area contributed by atoms with Gasteiger partial charge in [0.15, 0.2) is 5.65 Å². The Hall–Kier alpha value is -2.87. The van der Waals surface area contributed by atoms with Crippen LogP contribution in [-0.4, -0.2) is 14.6 Å². The van der Waals surface area contributed by atoms with Crippen LogP contribution in [0.15, 0.2) is 58.3 Å². The number of nitrogens with zero attached hydrogens (tertiary/aromatic N) is 2. The number of hydrogen-bond acceptors (Lipinski definition) is 3. The van der Waals surface area contributed by atoms with E-state index < -0.39 is 11.7 Å². The van der Waals surface area contributed by atoms with E-state index >= 15 is 0 Å². The molecular formula is C17H10F3N3OS. The van der Waals surface area contributed by atoms with Gasteiger partial charge < -0.3 is 0 Å². The van der Waals surface area contributed by atoms with Gasteiger partial charge in [-0.1, -0.05) is 12.1 Å².